The van der Waals surface area contributed by atoms with Crippen LogP contribution in [0.5, 0.6) is 0 Å². The number of aryl methyl sites for hydroxylation is 1. The van der Waals surface area contributed by atoms with E-state index in [1.165, 1.54) is 0 Å². The minimum Gasteiger partial charge on any atom is -0.322 e. The SMILES string of the molecule is Cc1nn(-c2nc3ccccc3[nH]2)c2c1C(c1ccc(Cl)c(Cl)c1)CC(=O)N2. The second kappa shape index (κ2) is 6.36. The smallest absolute Gasteiger partial charge is 0.231 e. The van der Waals surface area contributed by atoms with Gasteiger partial charge in [-0.05, 0) is 36.8 Å². The number of halogens is 2. The molecule has 1 aliphatic rings. The van der Waals surface area contributed by atoms with Crippen molar-refractivity contribution in [2.24, 2.45) is 0 Å². The number of aromatic amines is 1. The van der Waals surface area contributed by atoms with E-state index in [-0.39, 0.29) is 11.8 Å². The Labute approximate surface area is 170 Å². The van der Waals surface area contributed by atoms with E-state index in [0.717, 1.165) is 27.9 Å². The largest absolute Gasteiger partial charge is 0.322 e. The molecule has 0 fully saturated rings. The number of anilines is 1. The zero-order valence-electron chi connectivity index (χ0n) is 14.8. The highest BCUT2D eigenvalue weighted by molar-refractivity contribution is 6.42. The fourth-order valence-corrected chi connectivity index (χ4v) is 4.06. The van der Waals surface area contributed by atoms with E-state index in [4.69, 9.17) is 23.2 Å². The number of carbonyl (C=O) groups excluding carboxylic acids is 1. The summed E-state index contributed by atoms with van der Waals surface area (Å²) in [6, 6.07) is 13.2. The maximum absolute atomic E-state index is 12.5. The molecule has 28 heavy (non-hydrogen) atoms. The predicted molar refractivity (Wildman–Crippen MR) is 110 cm³/mol. The summed E-state index contributed by atoms with van der Waals surface area (Å²) in [7, 11) is 0. The van der Waals surface area contributed by atoms with Crippen LogP contribution in [-0.4, -0.2) is 25.7 Å². The standard InChI is InChI=1S/C20H15Cl2N5O/c1-10-18-12(11-6-7-13(21)14(22)8-11)9-17(28)25-19(18)27(26-10)20-23-15-4-2-3-5-16(15)24-20/h2-8,12H,9H2,1H3,(H,23,24)(H,25,28). The summed E-state index contributed by atoms with van der Waals surface area (Å²) >= 11 is 12.3. The lowest BCUT2D eigenvalue weighted by Gasteiger charge is -2.24. The molecular formula is C20H15Cl2N5O. The molecule has 0 saturated carbocycles. The third-order valence-corrected chi connectivity index (χ3v) is 5.77. The van der Waals surface area contributed by atoms with Crippen LogP contribution in [0.3, 0.4) is 0 Å². The van der Waals surface area contributed by atoms with Crippen LogP contribution in [0.15, 0.2) is 42.5 Å². The van der Waals surface area contributed by atoms with Crippen molar-refractivity contribution in [2.75, 3.05) is 5.32 Å². The van der Waals surface area contributed by atoms with Gasteiger partial charge in [-0.1, -0.05) is 41.4 Å². The highest BCUT2D eigenvalue weighted by atomic mass is 35.5. The first-order chi connectivity index (χ1) is 13.5. The molecule has 2 aromatic carbocycles. The van der Waals surface area contributed by atoms with Crippen LogP contribution in [0.2, 0.25) is 10.0 Å². The molecule has 6 nitrogen and oxygen atoms in total. The summed E-state index contributed by atoms with van der Waals surface area (Å²) in [5.41, 5.74) is 4.45. The number of para-hydroxylation sites is 2. The Morgan fingerprint density at radius 3 is 2.75 bits per heavy atom. The summed E-state index contributed by atoms with van der Waals surface area (Å²) in [4.78, 5) is 20.4. The van der Waals surface area contributed by atoms with Crippen molar-refractivity contribution in [3.63, 3.8) is 0 Å². The second-order valence-corrected chi connectivity index (χ2v) is 7.63. The normalized spacial score (nSPS) is 16.2. The third kappa shape index (κ3) is 2.68. The van der Waals surface area contributed by atoms with Gasteiger partial charge in [-0.25, -0.2) is 4.98 Å². The van der Waals surface area contributed by atoms with Crippen molar-refractivity contribution in [3.8, 4) is 5.95 Å². The highest BCUT2D eigenvalue weighted by Gasteiger charge is 2.33. The lowest BCUT2D eigenvalue weighted by molar-refractivity contribution is -0.116. The molecule has 4 aromatic rings. The Kier molecular flexibility index (Phi) is 3.92. The molecule has 1 atom stereocenters. The van der Waals surface area contributed by atoms with Crippen LogP contribution < -0.4 is 5.32 Å². The Bertz CT molecular complexity index is 1210. The number of rotatable bonds is 2. The number of nitrogens with zero attached hydrogens (tertiary/aromatic N) is 3. The summed E-state index contributed by atoms with van der Waals surface area (Å²) in [6.07, 6.45) is 0.317. The topological polar surface area (TPSA) is 75.6 Å². The number of imidazole rings is 1. The van der Waals surface area contributed by atoms with Crippen LogP contribution in [0, 0.1) is 6.92 Å². The van der Waals surface area contributed by atoms with E-state index in [2.05, 4.69) is 20.4 Å². The minimum absolute atomic E-state index is 0.0826. The van der Waals surface area contributed by atoms with Gasteiger partial charge >= 0.3 is 0 Å². The molecule has 0 aliphatic carbocycles. The third-order valence-electron chi connectivity index (χ3n) is 5.03. The van der Waals surface area contributed by atoms with Gasteiger partial charge in [0.2, 0.25) is 11.9 Å². The number of carbonyl (C=O) groups is 1. The molecule has 140 valence electrons. The number of nitrogens with one attached hydrogen (secondary N) is 2. The van der Waals surface area contributed by atoms with Crippen LogP contribution >= 0.6 is 23.2 Å². The molecule has 1 aliphatic heterocycles. The Morgan fingerprint density at radius 2 is 1.96 bits per heavy atom. The molecule has 1 amide bonds. The van der Waals surface area contributed by atoms with Gasteiger partial charge in [-0.2, -0.15) is 9.78 Å². The van der Waals surface area contributed by atoms with E-state index < -0.39 is 0 Å². The van der Waals surface area contributed by atoms with E-state index in [1.807, 2.05) is 43.3 Å². The number of hydrogen-bond donors (Lipinski definition) is 2. The average molecular weight is 412 g/mol. The maximum Gasteiger partial charge on any atom is 0.231 e. The van der Waals surface area contributed by atoms with E-state index in [9.17, 15) is 4.79 Å². The Morgan fingerprint density at radius 1 is 1.14 bits per heavy atom. The van der Waals surface area contributed by atoms with Gasteiger partial charge in [0.1, 0.15) is 5.82 Å². The molecule has 0 saturated heterocycles. The molecule has 8 heteroatoms. The number of hydrogen-bond acceptors (Lipinski definition) is 3. The van der Waals surface area contributed by atoms with Crippen molar-refractivity contribution in [3.05, 3.63) is 69.3 Å². The number of aromatic nitrogens is 4. The lowest BCUT2D eigenvalue weighted by atomic mass is 9.86. The Balaban J connectivity index is 1.68. The molecule has 0 bridgehead atoms. The van der Waals surface area contributed by atoms with Gasteiger partial charge in [0, 0.05) is 17.9 Å². The summed E-state index contributed by atoms with van der Waals surface area (Å²) in [6.45, 7) is 1.93. The van der Waals surface area contributed by atoms with Crippen LogP contribution in [0.1, 0.15) is 29.2 Å². The summed E-state index contributed by atoms with van der Waals surface area (Å²) < 4.78 is 1.66. The van der Waals surface area contributed by atoms with Crippen molar-refractivity contribution in [2.45, 2.75) is 19.3 Å². The molecule has 2 aromatic heterocycles. The van der Waals surface area contributed by atoms with Gasteiger partial charge in [-0.15, -0.1) is 0 Å². The van der Waals surface area contributed by atoms with Gasteiger partial charge in [0.05, 0.1) is 26.8 Å². The van der Waals surface area contributed by atoms with Crippen molar-refractivity contribution >= 4 is 46.0 Å². The van der Waals surface area contributed by atoms with Crippen molar-refractivity contribution in [1.29, 1.82) is 0 Å². The lowest BCUT2D eigenvalue weighted by Crippen LogP contribution is -2.25. The molecule has 5 rings (SSSR count). The molecule has 3 heterocycles. The van der Waals surface area contributed by atoms with Crippen LogP contribution in [0.4, 0.5) is 5.82 Å². The van der Waals surface area contributed by atoms with Gasteiger partial charge in [0.25, 0.3) is 0 Å². The van der Waals surface area contributed by atoms with Crippen LogP contribution in [0.25, 0.3) is 17.0 Å². The monoisotopic (exact) mass is 411 g/mol. The fraction of sp³-hybridized carbons (Fsp3) is 0.150. The molecule has 1 unspecified atom stereocenters. The van der Waals surface area contributed by atoms with Gasteiger partial charge in [-0.3, -0.25) is 4.79 Å². The first kappa shape index (κ1) is 17.3. The number of amides is 1. The summed E-state index contributed by atoms with van der Waals surface area (Å²) in [5.74, 6) is 0.946. The Hall–Kier alpha value is -2.83. The maximum atomic E-state index is 12.5. The van der Waals surface area contributed by atoms with E-state index >= 15 is 0 Å². The zero-order valence-corrected chi connectivity index (χ0v) is 16.3. The van der Waals surface area contributed by atoms with E-state index in [1.54, 1.807) is 10.7 Å². The highest BCUT2D eigenvalue weighted by Crippen LogP contribution is 2.41. The molecule has 0 spiro atoms. The molecule has 2 N–H and O–H groups in total. The van der Waals surface area contributed by atoms with Crippen LogP contribution in [-0.2, 0) is 4.79 Å². The fourth-order valence-electron chi connectivity index (χ4n) is 3.75. The first-order valence-electron chi connectivity index (χ1n) is 8.80. The molecule has 0 radical (unpaired) electrons. The van der Waals surface area contributed by atoms with Crippen molar-refractivity contribution in [1.82, 2.24) is 19.7 Å². The second-order valence-electron chi connectivity index (χ2n) is 6.82. The first-order valence-corrected chi connectivity index (χ1v) is 9.56. The minimum atomic E-state index is -0.156. The van der Waals surface area contributed by atoms with E-state index in [0.29, 0.717) is 28.2 Å². The van der Waals surface area contributed by atoms with Crippen molar-refractivity contribution < 1.29 is 4.79 Å². The van der Waals surface area contributed by atoms with Gasteiger partial charge in [0.15, 0.2) is 0 Å². The summed E-state index contributed by atoms with van der Waals surface area (Å²) in [5, 5.41) is 8.57. The van der Waals surface area contributed by atoms with Gasteiger partial charge < -0.3 is 10.3 Å². The number of fused-ring (bicyclic) bond motifs is 2. The molecular weight excluding hydrogens is 397 g/mol. The quantitative estimate of drug-likeness (QED) is 0.495. The number of H-pyrrole nitrogens is 1. The number of benzene rings is 2. The average Bonchev–Trinajstić information content (AvgIpc) is 3.24. The predicted octanol–water partition coefficient (Wildman–Crippen LogP) is 4.84. The zero-order chi connectivity index (χ0) is 19.4.